The number of ether oxygens (including phenoxy) is 3. The molecule has 2 aromatic carbocycles. The zero-order chi connectivity index (χ0) is 23.3. The molecule has 3 rings (SSSR count). The number of rotatable bonds is 9. The molecule has 1 heterocycles. The van der Waals surface area contributed by atoms with Crippen LogP contribution in [0.4, 0.5) is 5.69 Å². The summed E-state index contributed by atoms with van der Waals surface area (Å²) >= 11 is 0. The summed E-state index contributed by atoms with van der Waals surface area (Å²) in [5, 5.41) is 0. The summed E-state index contributed by atoms with van der Waals surface area (Å²) in [6.07, 6.45) is 0.710. The lowest BCUT2D eigenvalue weighted by atomic mass is 10.1. The summed E-state index contributed by atoms with van der Waals surface area (Å²) in [6, 6.07) is 11.4. The molecule has 0 unspecified atom stereocenters. The Kier molecular flexibility index (Phi) is 7.35. The van der Waals surface area contributed by atoms with Gasteiger partial charge in [-0.25, -0.2) is 4.90 Å². The molecule has 1 saturated heterocycles. The molecule has 8 nitrogen and oxygen atoms in total. The van der Waals surface area contributed by atoms with Crippen LogP contribution in [0.2, 0.25) is 0 Å². The summed E-state index contributed by atoms with van der Waals surface area (Å²) in [5.41, 5.74) is 1.40. The second kappa shape index (κ2) is 10.2. The van der Waals surface area contributed by atoms with E-state index < -0.39 is 11.9 Å². The van der Waals surface area contributed by atoms with E-state index in [1.165, 1.54) is 4.90 Å². The van der Waals surface area contributed by atoms with Crippen molar-refractivity contribution in [2.45, 2.75) is 32.2 Å². The number of benzene rings is 2. The van der Waals surface area contributed by atoms with E-state index in [0.29, 0.717) is 35.9 Å². The number of amides is 3. The van der Waals surface area contributed by atoms with Gasteiger partial charge in [0.1, 0.15) is 11.8 Å². The van der Waals surface area contributed by atoms with Crippen molar-refractivity contribution in [2.24, 2.45) is 0 Å². The summed E-state index contributed by atoms with van der Waals surface area (Å²) < 4.78 is 15.7. The number of hydrogen-bond donors (Lipinski definition) is 0. The van der Waals surface area contributed by atoms with Gasteiger partial charge in [-0.2, -0.15) is 0 Å². The molecule has 0 aromatic heterocycles. The predicted octanol–water partition coefficient (Wildman–Crippen LogP) is 2.83. The van der Waals surface area contributed by atoms with E-state index in [0.717, 1.165) is 10.5 Å². The maximum Gasteiger partial charge on any atom is 0.257 e. The lowest BCUT2D eigenvalue weighted by Crippen LogP contribution is -2.46. The molecule has 3 amide bonds. The minimum Gasteiger partial charge on any atom is -0.497 e. The van der Waals surface area contributed by atoms with Crippen LogP contribution in [-0.4, -0.2) is 56.5 Å². The zero-order valence-corrected chi connectivity index (χ0v) is 18.8. The Morgan fingerprint density at radius 3 is 2.28 bits per heavy atom. The van der Waals surface area contributed by atoms with Crippen molar-refractivity contribution in [1.82, 2.24) is 4.90 Å². The normalized spacial score (nSPS) is 15.6. The number of carbonyl (C=O) groups is 3. The average Bonchev–Trinajstić information content (AvgIpc) is 3.12. The summed E-state index contributed by atoms with van der Waals surface area (Å²) in [6.45, 7) is 2.05. The molecule has 170 valence electrons. The van der Waals surface area contributed by atoms with Crippen LogP contribution in [0, 0.1) is 0 Å². The van der Waals surface area contributed by atoms with Gasteiger partial charge in [-0.05, 0) is 48.4 Å². The number of imide groups is 1. The Morgan fingerprint density at radius 2 is 1.69 bits per heavy atom. The number of methoxy groups -OCH3 is 3. The Hall–Kier alpha value is -3.55. The van der Waals surface area contributed by atoms with Crippen LogP contribution in [0.15, 0.2) is 42.5 Å². The highest BCUT2D eigenvalue weighted by Gasteiger charge is 2.43. The first-order chi connectivity index (χ1) is 15.4. The second-order valence-electron chi connectivity index (χ2n) is 7.37. The van der Waals surface area contributed by atoms with E-state index in [2.05, 4.69) is 0 Å². The quantitative estimate of drug-likeness (QED) is 0.558. The maximum absolute atomic E-state index is 13.2. The fraction of sp³-hybridized carbons (Fsp3) is 0.375. The first-order valence-corrected chi connectivity index (χ1v) is 10.4. The fourth-order valence-corrected chi connectivity index (χ4v) is 3.81. The molecule has 0 radical (unpaired) electrons. The monoisotopic (exact) mass is 440 g/mol. The largest absolute Gasteiger partial charge is 0.497 e. The van der Waals surface area contributed by atoms with Crippen LogP contribution >= 0.6 is 0 Å². The van der Waals surface area contributed by atoms with Gasteiger partial charge >= 0.3 is 0 Å². The molecule has 1 fully saturated rings. The molecule has 1 atom stereocenters. The van der Waals surface area contributed by atoms with E-state index in [-0.39, 0.29) is 24.7 Å². The number of hydrogen-bond acceptors (Lipinski definition) is 6. The number of carbonyl (C=O) groups excluding carboxylic acids is 3. The van der Waals surface area contributed by atoms with Crippen molar-refractivity contribution in [3.8, 4) is 17.2 Å². The third kappa shape index (κ3) is 4.69. The van der Waals surface area contributed by atoms with Crippen LogP contribution in [0.5, 0.6) is 17.2 Å². The highest BCUT2D eigenvalue weighted by molar-refractivity contribution is 6.23. The van der Waals surface area contributed by atoms with Gasteiger partial charge in [0.05, 0.1) is 33.4 Å². The van der Waals surface area contributed by atoms with Crippen molar-refractivity contribution < 1.29 is 28.6 Å². The van der Waals surface area contributed by atoms with Crippen LogP contribution < -0.4 is 19.1 Å². The second-order valence-corrected chi connectivity index (χ2v) is 7.37. The molecule has 0 N–H and O–H groups in total. The highest BCUT2D eigenvalue weighted by Crippen LogP contribution is 2.30. The third-order valence-corrected chi connectivity index (χ3v) is 5.54. The Bertz CT molecular complexity index is 988. The molecule has 0 spiro atoms. The Balaban J connectivity index is 1.79. The topological polar surface area (TPSA) is 85.4 Å². The Morgan fingerprint density at radius 1 is 1.00 bits per heavy atom. The SMILES string of the molecule is CCC(=O)N(CCc1ccc(OC)c(OC)c1)[C@@H]1CC(=O)N(c2ccc(OC)cc2)C1=O. The molecule has 0 saturated carbocycles. The van der Waals surface area contributed by atoms with Gasteiger partial charge in [0.15, 0.2) is 11.5 Å². The van der Waals surface area contributed by atoms with Gasteiger partial charge in [0.2, 0.25) is 11.8 Å². The summed E-state index contributed by atoms with van der Waals surface area (Å²) in [5.74, 6) is 0.940. The first-order valence-electron chi connectivity index (χ1n) is 10.4. The van der Waals surface area contributed by atoms with Crippen LogP contribution in [0.25, 0.3) is 0 Å². The Labute approximate surface area is 187 Å². The smallest absolute Gasteiger partial charge is 0.257 e. The van der Waals surface area contributed by atoms with E-state index in [1.807, 2.05) is 12.1 Å². The van der Waals surface area contributed by atoms with Gasteiger partial charge in [-0.1, -0.05) is 13.0 Å². The molecule has 0 bridgehead atoms. The molecular weight excluding hydrogens is 412 g/mol. The van der Waals surface area contributed by atoms with E-state index in [4.69, 9.17) is 14.2 Å². The maximum atomic E-state index is 13.2. The van der Waals surface area contributed by atoms with Crippen LogP contribution in [-0.2, 0) is 20.8 Å². The van der Waals surface area contributed by atoms with Crippen molar-refractivity contribution >= 4 is 23.4 Å². The molecule has 32 heavy (non-hydrogen) atoms. The molecule has 2 aromatic rings. The predicted molar refractivity (Wildman–Crippen MR) is 119 cm³/mol. The van der Waals surface area contributed by atoms with Crippen LogP contribution in [0.1, 0.15) is 25.3 Å². The summed E-state index contributed by atoms with van der Waals surface area (Å²) in [4.78, 5) is 41.2. The average molecular weight is 440 g/mol. The van der Waals surface area contributed by atoms with Gasteiger partial charge in [0.25, 0.3) is 5.91 Å². The minimum atomic E-state index is -0.822. The minimum absolute atomic E-state index is 0.0392. The molecular formula is C24H28N2O6. The van der Waals surface area contributed by atoms with E-state index >= 15 is 0 Å². The molecule has 8 heteroatoms. The van der Waals surface area contributed by atoms with Gasteiger partial charge < -0.3 is 19.1 Å². The first kappa shape index (κ1) is 23.1. The number of nitrogens with zero attached hydrogens (tertiary/aromatic N) is 2. The summed E-state index contributed by atoms with van der Waals surface area (Å²) in [7, 11) is 4.67. The van der Waals surface area contributed by atoms with E-state index in [9.17, 15) is 14.4 Å². The molecule has 1 aliphatic heterocycles. The highest BCUT2D eigenvalue weighted by atomic mass is 16.5. The third-order valence-electron chi connectivity index (χ3n) is 5.54. The lowest BCUT2D eigenvalue weighted by molar-refractivity contribution is -0.138. The standard InChI is InChI=1S/C24H28N2O6/c1-5-22(27)25(13-12-16-6-11-20(31-3)21(14-16)32-4)19-15-23(28)26(24(19)29)17-7-9-18(30-2)10-8-17/h6-11,14,19H,5,12-13,15H2,1-4H3/t19-/m1/s1. The van der Waals surface area contributed by atoms with Crippen molar-refractivity contribution in [3.63, 3.8) is 0 Å². The van der Waals surface area contributed by atoms with Gasteiger partial charge in [-0.3, -0.25) is 14.4 Å². The zero-order valence-electron chi connectivity index (χ0n) is 18.8. The van der Waals surface area contributed by atoms with Crippen molar-refractivity contribution in [2.75, 3.05) is 32.8 Å². The van der Waals surface area contributed by atoms with Gasteiger partial charge in [-0.15, -0.1) is 0 Å². The lowest BCUT2D eigenvalue weighted by Gasteiger charge is -2.27. The molecule has 1 aliphatic rings. The van der Waals surface area contributed by atoms with Crippen molar-refractivity contribution in [3.05, 3.63) is 48.0 Å². The number of anilines is 1. The van der Waals surface area contributed by atoms with Gasteiger partial charge in [0, 0.05) is 13.0 Å². The fourth-order valence-electron chi connectivity index (χ4n) is 3.81. The van der Waals surface area contributed by atoms with Crippen LogP contribution in [0.3, 0.4) is 0 Å². The van der Waals surface area contributed by atoms with Crippen molar-refractivity contribution in [1.29, 1.82) is 0 Å². The molecule has 0 aliphatic carbocycles. The van der Waals surface area contributed by atoms with E-state index in [1.54, 1.807) is 58.6 Å².